The second-order valence-electron chi connectivity index (χ2n) is 8.90. The molecule has 11 heteroatoms. The Labute approximate surface area is 262 Å². The number of hydrogen-bond donors (Lipinski definition) is 2. The minimum absolute atomic E-state index is 0. The average Bonchev–Trinajstić information content (AvgIpc) is 2.72. The molecule has 0 fully saturated rings. The van der Waals surface area contributed by atoms with Crippen LogP contribution < -0.4 is 0 Å². The quantitative estimate of drug-likeness (QED) is 0.0858. The van der Waals surface area contributed by atoms with Gasteiger partial charge >= 0.3 is 69.5 Å². The van der Waals surface area contributed by atoms with Crippen LogP contribution in [0.25, 0.3) is 0 Å². The van der Waals surface area contributed by atoms with Crippen LogP contribution >= 0.6 is 0 Å². The molecule has 0 rings (SSSR count). The summed E-state index contributed by atoms with van der Waals surface area (Å²) in [5, 5.41) is 0. The molecule has 0 aliphatic carbocycles. The predicted molar refractivity (Wildman–Crippen MR) is 152 cm³/mol. The summed E-state index contributed by atoms with van der Waals surface area (Å²) in [5.41, 5.74) is 0. The van der Waals surface area contributed by atoms with Gasteiger partial charge in [0.15, 0.2) is 0 Å². The Balaban J connectivity index is -0.000000260. The van der Waals surface area contributed by atoms with E-state index >= 15 is 0 Å². The average molecular weight is 565 g/mol. The van der Waals surface area contributed by atoms with Gasteiger partial charge in [0.1, 0.15) is 0 Å². The van der Waals surface area contributed by atoms with Crippen molar-refractivity contribution in [3.8, 4) is 0 Å². The number of unbranched alkanes of at least 4 members (excludes halogenated alkanes) is 18. The molecule has 0 radical (unpaired) electrons. The second-order valence-corrected chi connectivity index (χ2v) is 11.6. The maximum atomic E-state index is 10.4. The van der Waals surface area contributed by atoms with Crippen LogP contribution in [0.5, 0.6) is 0 Å². The molecule has 0 saturated heterocycles. The molecule has 0 heterocycles. The Bertz CT molecular complexity index is 601. The molecular formula is C24H54Na2O7S2. The van der Waals surface area contributed by atoms with Gasteiger partial charge in [-0.3, -0.25) is 9.11 Å². The fraction of sp³-hybridized carbons (Fsp3) is 1.00. The zero-order chi connectivity index (χ0) is 25.3. The van der Waals surface area contributed by atoms with Crippen molar-refractivity contribution in [3.05, 3.63) is 0 Å². The second kappa shape index (κ2) is 32.0. The van der Waals surface area contributed by atoms with E-state index in [0.29, 0.717) is 12.8 Å². The van der Waals surface area contributed by atoms with Gasteiger partial charge in [0.05, 0.1) is 12.4 Å². The summed E-state index contributed by atoms with van der Waals surface area (Å²) in [5.74, 6) is -0.0799. The van der Waals surface area contributed by atoms with Gasteiger partial charge in [-0.2, -0.15) is 16.8 Å². The fourth-order valence-electron chi connectivity index (χ4n) is 3.53. The van der Waals surface area contributed by atoms with Gasteiger partial charge in [-0.1, -0.05) is 129 Å². The summed E-state index contributed by atoms with van der Waals surface area (Å²) in [6, 6.07) is 0. The van der Waals surface area contributed by atoms with E-state index < -0.39 is 20.5 Å². The molecule has 2 N–H and O–H groups in total. The van der Waals surface area contributed by atoms with Gasteiger partial charge in [-0.25, -0.2) is 4.18 Å². The van der Waals surface area contributed by atoms with E-state index in [1.165, 1.54) is 89.9 Å². The Hall–Kier alpha value is 1.78. The van der Waals surface area contributed by atoms with Crippen LogP contribution in [0.2, 0.25) is 0 Å². The Morgan fingerprint density at radius 2 is 0.771 bits per heavy atom. The van der Waals surface area contributed by atoms with Crippen LogP contribution in [-0.2, 0) is 24.7 Å². The van der Waals surface area contributed by atoms with Gasteiger partial charge < -0.3 is 0 Å². The SMILES string of the molecule is CCCCCCCCCCCCOS(=O)(=O)O.CCCCCCCCCCCCS(=O)(=O)O.[NaH].[NaH]. The van der Waals surface area contributed by atoms with Crippen LogP contribution in [0, 0.1) is 0 Å². The summed E-state index contributed by atoms with van der Waals surface area (Å²) in [6.07, 6.45) is 23.5. The van der Waals surface area contributed by atoms with Crippen LogP contribution in [0.4, 0.5) is 0 Å². The molecule has 0 aromatic rings. The van der Waals surface area contributed by atoms with Crippen LogP contribution in [0.15, 0.2) is 0 Å². The Morgan fingerprint density at radius 3 is 1.06 bits per heavy atom. The summed E-state index contributed by atoms with van der Waals surface area (Å²) in [7, 11) is -7.97. The monoisotopic (exact) mass is 564 g/mol. The van der Waals surface area contributed by atoms with Crippen molar-refractivity contribution in [2.75, 3.05) is 12.4 Å². The van der Waals surface area contributed by atoms with Crippen LogP contribution in [0.1, 0.15) is 142 Å². The van der Waals surface area contributed by atoms with E-state index in [0.717, 1.165) is 25.7 Å². The van der Waals surface area contributed by atoms with Gasteiger partial charge in [-0.15, -0.1) is 0 Å². The zero-order valence-corrected chi connectivity index (χ0v) is 22.9. The molecular weight excluding hydrogens is 510 g/mol. The van der Waals surface area contributed by atoms with E-state index in [2.05, 4.69) is 18.0 Å². The normalized spacial score (nSPS) is 11.2. The van der Waals surface area contributed by atoms with Gasteiger partial charge in [0, 0.05) is 0 Å². The summed E-state index contributed by atoms with van der Waals surface area (Å²) >= 11 is 0. The Morgan fingerprint density at radius 1 is 0.486 bits per heavy atom. The fourth-order valence-corrected chi connectivity index (χ4v) is 4.42. The predicted octanol–water partition coefficient (Wildman–Crippen LogP) is 6.22. The third-order valence-corrected chi connectivity index (χ3v) is 6.76. The molecule has 7 nitrogen and oxygen atoms in total. The van der Waals surface area contributed by atoms with Crippen LogP contribution in [0.3, 0.4) is 0 Å². The summed E-state index contributed by atoms with van der Waals surface area (Å²) in [6.45, 7) is 4.53. The molecule has 0 aliphatic rings. The van der Waals surface area contributed by atoms with E-state index in [1.807, 2.05) is 0 Å². The van der Waals surface area contributed by atoms with Gasteiger partial charge in [0.25, 0.3) is 10.1 Å². The molecule has 0 aromatic heterocycles. The van der Waals surface area contributed by atoms with Crippen molar-refractivity contribution in [3.63, 3.8) is 0 Å². The molecule has 0 bridgehead atoms. The van der Waals surface area contributed by atoms with Crippen LogP contribution in [-0.4, -0.2) is 97.4 Å². The van der Waals surface area contributed by atoms with Gasteiger partial charge in [-0.05, 0) is 12.8 Å². The number of hydrogen-bond acceptors (Lipinski definition) is 5. The standard InChI is InChI=1S/C12H26O4S.C12H26O3S.2Na.2H/c1-2-3-4-5-6-7-8-9-10-11-12-16-17(13,14)15;1-2-3-4-5-6-7-8-9-10-11-12-16(13,14)15;;;;/h2-12H2,1H3,(H,13,14,15);2-12H2,1H3,(H,13,14,15);;;;. The Kier molecular flexibility index (Phi) is 40.1. The zero-order valence-electron chi connectivity index (χ0n) is 21.3. The van der Waals surface area contributed by atoms with E-state index in [1.54, 1.807) is 0 Å². The minimum atomic E-state index is -4.23. The molecule has 206 valence electrons. The molecule has 0 spiro atoms. The van der Waals surface area contributed by atoms with Gasteiger partial charge in [0.2, 0.25) is 0 Å². The van der Waals surface area contributed by atoms with E-state index in [4.69, 9.17) is 9.11 Å². The van der Waals surface area contributed by atoms with Crippen molar-refractivity contribution < 1.29 is 30.1 Å². The first-order chi connectivity index (χ1) is 15.6. The van der Waals surface area contributed by atoms with E-state index in [-0.39, 0.29) is 71.5 Å². The van der Waals surface area contributed by atoms with Crippen molar-refractivity contribution in [2.45, 2.75) is 142 Å². The first kappa shape index (κ1) is 43.8. The molecule has 0 unspecified atom stereocenters. The number of rotatable bonds is 23. The topological polar surface area (TPSA) is 118 Å². The molecule has 0 aromatic carbocycles. The molecule has 0 amide bonds. The first-order valence-corrected chi connectivity index (χ1v) is 16.2. The van der Waals surface area contributed by atoms with Crippen molar-refractivity contribution in [2.24, 2.45) is 0 Å². The summed E-state index contributed by atoms with van der Waals surface area (Å²) < 4.78 is 62.3. The van der Waals surface area contributed by atoms with Crippen molar-refractivity contribution >= 4 is 79.6 Å². The molecule has 0 saturated carbocycles. The maximum absolute atomic E-state index is 10.4. The van der Waals surface area contributed by atoms with Crippen molar-refractivity contribution in [1.29, 1.82) is 0 Å². The molecule has 0 aliphatic heterocycles. The summed E-state index contributed by atoms with van der Waals surface area (Å²) in [4.78, 5) is 0. The molecule has 35 heavy (non-hydrogen) atoms. The first-order valence-electron chi connectivity index (χ1n) is 13.2. The third-order valence-electron chi connectivity index (χ3n) is 5.49. The van der Waals surface area contributed by atoms with E-state index in [9.17, 15) is 16.8 Å². The third kappa shape index (κ3) is 49.3. The van der Waals surface area contributed by atoms with Crippen molar-refractivity contribution in [1.82, 2.24) is 0 Å². The molecule has 0 atom stereocenters.